The van der Waals surface area contributed by atoms with Crippen LogP contribution in [0.4, 0.5) is 10.5 Å². The van der Waals surface area contributed by atoms with Crippen LogP contribution in [-0.4, -0.2) is 54.0 Å². The van der Waals surface area contributed by atoms with E-state index >= 15 is 0 Å². The molecule has 1 unspecified atom stereocenters. The molecule has 48 heavy (non-hydrogen) atoms. The number of carboxylic acid groups (broad SMARTS) is 1. The van der Waals surface area contributed by atoms with E-state index in [9.17, 15) is 9.59 Å². The van der Waals surface area contributed by atoms with Gasteiger partial charge in [-0.2, -0.15) is 0 Å². The Morgan fingerprint density at radius 3 is 2.02 bits per heavy atom. The van der Waals surface area contributed by atoms with E-state index < -0.39 is 6.09 Å². The second-order valence-electron chi connectivity index (χ2n) is 13.5. The van der Waals surface area contributed by atoms with Crippen molar-refractivity contribution >= 4 is 29.1 Å². The van der Waals surface area contributed by atoms with Crippen LogP contribution in [0.25, 0.3) is 11.4 Å². The Bertz CT molecular complexity index is 1720. The summed E-state index contributed by atoms with van der Waals surface area (Å²) in [5.41, 5.74) is 9.78. The molecule has 3 aromatic rings. The van der Waals surface area contributed by atoms with E-state index in [2.05, 4.69) is 104 Å². The van der Waals surface area contributed by atoms with Crippen molar-refractivity contribution < 1.29 is 14.7 Å². The van der Waals surface area contributed by atoms with Crippen LogP contribution in [0.2, 0.25) is 0 Å². The molecule has 1 aliphatic carbocycles. The SMILES string of the molecule is O=C(O)NCC(=O)N1CCC[C@H]1C1NC=C(c2ccc([C@@H]3CC[C@H](c4ccc(C5=CNCN5)cc4)N3c3ccc(C4CC4)cc3)cc2)N1. The van der Waals surface area contributed by atoms with Crippen molar-refractivity contribution in [2.24, 2.45) is 0 Å². The number of carbonyl (C=O) groups excluding carboxylic acids is 1. The van der Waals surface area contributed by atoms with Gasteiger partial charge in [0.15, 0.2) is 0 Å². The number of amides is 2. The first kappa shape index (κ1) is 30.2. The molecule has 2 saturated heterocycles. The summed E-state index contributed by atoms with van der Waals surface area (Å²) in [5.74, 6) is 0.537. The molecular formula is C38H43N7O3. The molecule has 1 saturated carbocycles. The normalized spacial score (nSPS) is 24.7. The lowest BCUT2D eigenvalue weighted by Gasteiger charge is -2.33. The van der Waals surface area contributed by atoms with E-state index in [0.29, 0.717) is 6.54 Å². The monoisotopic (exact) mass is 645 g/mol. The van der Waals surface area contributed by atoms with E-state index in [-0.39, 0.29) is 36.7 Å². The largest absolute Gasteiger partial charge is 0.465 e. The summed E-state index contributed by atoms with van der Waals surface area (Å²) in [5, 5.41) is 24.8. The molecule has 10 heteroatoms. The molecule has 3 aromatic carbocycles. The van der Waals surface area contributed by atoms with Crippen LogP contribution in [0.5, 0.6) is 0 Å². The van der Waals surface area contributed by atoms with Crippen LogP contribution in [-0.2, 0) is 4.79 Å². The smallest absolute Gasteiger partial charge is 0.405 e. The highest BCUT2D eigenvalue weighted by Gasteiger charge is 2.38. The van der Waals surface area contributed by atoms with Gasteiger partial charge in [0, 0.05) is 24.6 Å². The Hall–Kier alpha value is -5.12. The highest BCUT2D eigenvalue weighted by Crippen LogP contribution is 2.48. The van der Waals surface area contributed by atoms with E-state index in [1.54, 1.807) is 4.90 Å². The summed E-state index contributed by atoms with van der Waals surface area (Å²) in [6.45, 7) is 1.19. The van der Waals surface area contributed by atoms with Crippen molar-refractivity contribution in [1.82, 2.24) is 31.5 Å². The summed E-state index contributed by atoms with van der Waals surface area (Å²) in [4.78, 5) is 28.0. The van der Waals surface area contributed by atoms with Gasteiger partial charge in [0.2, 0.25) is 5.91 Å². The van der Waals surface area contributed by atoms with Gasteiger partial charge in [0.05, 0.1) is 36.2 Å². The Labute approximate surface area is 281 Å². The summed E-state index contributed by atoms with van der Waals surface area (Å²) < 4.78 is 0. The maximum Gasteiger partial charge on any atom is 0.405 e. The van der Waals surface area contributed by atoms with Gasteiger partial charge in [-0.15, -0.1) is 0 Å². The fourth-order valence-electron chi connectivity index (χ4n) is 7.97. The summed E-state index contributed by atoms with van der Waals surface area (Å²) >= 11 is 0. The maximum atomic E-state index is 12.7. The number of likely N-dealkylation sites (tertiary alicyclic amines) is 1. The maximum absolute atomic E-state index is 12.7. The quantitative estimate of drug-likeness (QED) is 0.189. The molecule has 3 fully saturated rings. The first-order chi connectivity index (χ1) is 23.5. The molecule has 5 aliphatic rings. The molecule has 0 spiro atoms. The van der Waals surface area contributed by atoms with Gasteiger partial charge in [0.1, 0.15) is 12.7 Å². The third-order valence-corrected chi connectivity index (χ3v) is 10.6. The summed E-state index contributed by atoms with van der Waals surface area (Å²) in [6, 6.07) is 27.8. The fraction of sp³-hybridized carbons (Fsp3) is 0.368. The molecule has 0 bridgehead atoms. The van der Waals surface area contributed by atoms with Crippen LogP contribution in [0.3, 0.4) is 0 Å². The van der Waals surface area contributed by atoms with Crippen molar-refractivity contribution in [3.05, 3.63) is 113 Å². The van der Waals surface area contributed by atoms with E-state index in [1.807, 2.05) is 12.4 Å². The standard InChI is InChI=1S/C38H43N7O3/c46-36(22-41-38(47)48)44-19-1-2-35(44)37-40-21-32(43-37)27-7-11-29(12-8-27)34-18-17-33(28-9-5-26(6-10-28)31-20-39-23-42-31)45(34)30-15-13-25(14-16-30)24-3-4-24/h5-16,20-21,24,33-35,37,39-43H,1-4,17-19,22-23H2,(H,47,48)/t33-,34+,35+,37?/m1/s1. The molecule has 10 nitrogen and oxygen atoms in total. The molecule has 6 N–H and O–H groups in total. The van der Waals surface area contributed by atoms with Crippen LogP contribution >= 0.6 is 0 Å². The molecule has 4 heterocycles. The third kappa shape index (κ3) is 6.03. The zero-order valence-corrected chi connectivity index (χ0v) is 27.0. The topological polar surface area (TPSA) is 121 Å². The van der Waals surface area contributed by atoms with Crippen molar-refractivity contribution in [3.63, 3.8) is 0 Å². The highest BCUT2D eigenvalue weighted by atomic mass is 16.4. The lowest BCUT2D eigenvalue weighted by Crippen LogP contribution is -2.53. The minimum absolute atomic E-state index is 0.0479. The first-order valence-corrected chi connectivity index (χ1v) is 17.3. The number of anilines is 1. The number of hydrogen-bond acceptors (Lipinski definition) is 7. The number of rotatable bonds is 9. The third-order valence-electron chi connectivity index (χ3n) is 10.6. The molecule has 4 aliphatic heterocycles. The van der Waals surface area contributed by atoms with Gasteiger partial charge in [-0.25, -0.2) is 4.79 Å². The minimum atomic E-state index is -1.19. The van der Waals surface area contributed by atoms with Crippen LogP contribution in [0, 0.1) is 0 Å². The molecular weight excluding hydrogens is 602 g/mol. The van der Waals surface area contributed by atoms with Crippen molar-refractivity contribution in [2.75, 3.05) is 24.7 Å². The number of nitrogens with one attached hydrogen (secondary N) is 5. The Morgan fingerprint density at radius 1 is 0.771 bits per heavy atom. The van der Waals surface area contributed by atoms with E-state index in [4.69, 9.17) is 5.11 Å². The van der Waals surface area contributed by atoms with Crippen LogP contribution in [0.1, 0.15) is 84.3 Å². The Morgan fingerprint density at radius 2 is 1.42 bits per heavy atom. The molecule has 0 radical (unpaired) electrons. The lowest BCUT2D eigenvalue weighted by atomic mass is 10.0. The number of nitrogens with zero attached hydrogens (tertiary/aromatic N) is 2. The van der Waals surface area contributed by atoms with E-state index in [1.165, 1.54) is 40.8 Å². The van der Waals surface area contributed by atoms with Gasteiger partial charge >= 0.3 is 6.09 Å². The van der Waals surface area contributed by atoms with Crippen LogP contribution < -0.4 is 31.5 Å². The Balaban J connectivity index is 0.990. The van der Waals surface area contributed by atoms with E-state index in [0.717, 1.165) is 55.2 Å². The van der Waals surface area contributed by atoms with Crippen molar-refractivity contribution in [3.8, 4) is 0 Å². The average molecular weight is 646 g/mol. The molecule has 248 valence electrons. The average Bonchev–Trinajstić information content (AvgIpc) is 3.60. The van der Waals surface area contributed by atoms with Crippen molar-refractivity contribution in [2.45, 2.75) is 68.7 Å². The second-order valence-corrected chi connectivity index (χ2v) is 13.5. The molecule has 0 aromatic heterocycles. The first-order valence-electron chi connectivity index (χ1n) is 17.3. The predicted octanol–water partition coefficient (Wildman–Crippen LogP) is 5.17. The summed E-state index contributed by atoms with van der Waals surface area (Å²) in [6.07, 6.45) is 9.23. The summed E-state index contributed by atoms with van der Waals surface area (Å²) in [7, 11) is 0. The lowest BCUT2D eigenvalue weighted by molar-refractivity contribution is -0.131. The van der Waals surface area contributed by atoms with Crippen molar-refractivity contribution in [1.29, 1.82) is 0 Å². The van der Waals surface area contributed by atoms with Crippen LogP contribution in [0.15, 0.2) is 85.2 Å². The molecule has 4 atom stereocenters. The number of carbonyl (C=O) groups is 2. The predicted molar refractivity (Wildman–Crippen MR) is 186 cm³/mol. The van der Waals surface area contributed by atoms with Gasteiger partial charge in [-0.1, -0.05) is 60.7 Å². The Kier molecular flexibility index (Phi) is 8.08. The second kappa shape index (κ2) is 12.8. The minimum Gasteiger partial charge on any atom is -0.465 e. The zero-order valence-electron chi connectivity index (χ0n) is 27.0. The highest BCUT2D eigenvalue weighted by molar-refractivity contribution is 5.82. The number of hydrogen-bond donors (Lipinski definition) is 6. The molecule has 8 rings (SSSR count). The van der Waals surface area contributed by atoms with Gasteiger partial charge < -0.3 is 41.5 Å². The van der Waals surface area contributed by atoms with Gasteiger partial charge in [-0.3, -0.25) is 4.79 Å². The number of benzene rings is 3. The van der Waals surface area contributed by atoms with Gasteiger partial charge in [0.25, 0.3) is 0 Å². The fourth-order valence-corrected chi connectivity index (χ4v) is 7.97. The zero-order chi connectivity index (χ0) is 32.6. The molecule has 2 amide bonds. The van der Waals surface area contributed by atoms with Gasteiger partial charge in [-0.05, 0) is 84.4 Å².